The van der Waals surface area contributed by atoms with Gasteiger partial charge in [0.2, 0.25) is 0 Å². The van der Waals surface area contributed by atoms with Crippen molar-refractivity contribution in [3.8, 4) is 0 Å². The Kier molecular flexibility index (Phi) is 6.75. The largest absolute Gasteiger partial charge is 0.481 e. The summed E-state index contributed by atoms with van der Waals surface area (Å²) in [5, 5.41) is 21.0. The smallest absolute Gasteiger partial charge is 0.306 e. The van der Waals surface area contributed by atoms with E-state index in [0.717, 1.165) is 10.5 Å². The molecule has 1 aromatic heterocycles. The number of thiazole rings is 1. The summed E-state index contributed by atoms with van der Waals surface area (Å²) in [6.45, 7) is 11.8. The lowest BCUT2D eigenvalue weighted by atomic mass is 9.85. The number of nitrogens with zero attached hydrogens (tertiary/aromatic N) is 1. The van der Waals surface area contributed by atoms with E-state index in [1.807, 2.05) is 27.7 Å². The Morgan fingerprint density at radius 1 is 1.50 bits per heavy atom. The fourth-order valence-corrected chi connectivity index (χ4v) is 3.54. The number of hydrogen-bond acceptors (Lipinski definition) is 4. The molecule has 1 heterocycles. The van der Waals surface area contributed by atoms with E-state index in [-0.39, 0.29) is 0 Å². The lowest BCUT2D eigenvalue weighted by molar-refractivity contribution is -0.142. The van der Waals surface area contributed by atoms with Gasteiger partial charge in [0.05, 0.1) is 5.92 Å². The molecule has 0 amide bonds. The standard InChI is InChI=1S/C17H27NO3S/c1-6-13(15(19)20)7-8-17(21,9-11(2)3)16-18-10-14(22-16)12(4)5/h10-11,13,21H,4,6-9H2,1-3,5H3,(H,19,20)/t13-,17+/m0/s1. The Hall–Kier alpha value is -1.20. The molecule has 0 aliphatic heterocycles. The van der Waals surface area contributed by atoms with E-state index in [9.17, 15) is 15.0 Å². The van der Waals surface area contributed by atoms with E-state index < -0.39 is 17.5 Å². The topological polar surface area (TPSA) is 70.4 Å². The molecule has 0 bridgehead atoms. The first-order valence-electron chi connectivity index (χ1n) is 7.77. The van der Waals surface area contributed by atoms with Gasteiger partial charge in [-0.05, 0) is 44.1 Å². The summed E-state index contributed by atoms with van der Waals surface area (Å²) in [6.07, 6.45) is 3.76. The van der Waals surface area contributed by atoms with Gasteiger partial charge in [-0.1, -0.05) is 27.4 Å². The Labute approximate surface area is 136 Å². The minimum Gasteiger partial charge on any atom is -0.481 e. The number of carboxylic acids is 1. The van der Waals surface area contributed by atoms with Crippen LogP contribution in [0, 0.1) is 11.8 Å². The summed E-state index contributed by atoms with van der Waals surface area (Å²) in [4.78, 5) is 16.5. The lowest BCUT2D eigenvalue weighted by Crippen LogP contribution is -2.29. The Morgan fingerprint density at radius 3 is 2.55 bits per heavy atom. The third kappa shape index (κ3) is 4.92. The average molecular weight is 325 g/mol. The van der Waals surface area contributed by atoms with Gasteiger partial charge in [-0.15, -0.1) is 11.3 Å². The summed E-state index contributed by atoms with van der Waals surface area (Å²) >= 11 is 1.45. The molecule has 0 aromatic carbocycles. The fraction of sp³-hybridized carbons (Fsp3) is 0.647. The molecule has 22 heavy (non-hydrogen) atoms. The van der Waals surface area contributed by atoms with Crippen LogP contribution in [-0.4, -0.2) is 21.2 Å². The Morgan fingerprint density at radius 2 is 2.14 bits per heavy atom. The van der Waals surface area contributed by atoms with Gasteiger partial charge < -0.3 is 10.2 Å². The number of carboxylic acid groups (broad SMARTS) is 1. The molecule has 1 aromatic rings. The van der Waals surface area contributed by atoms with Gasteiger partial charge in [0, 0.05) is 11.1 Å². The number of aromatic nitrogens is 1. The van der Waals surface area contributed by atoms with Crippen LogP contribution < -0.4 is 0 Å². The molecular formula is C17H27NO3S. The van der Waals surface area contributed by atoms with Gasteiger partial charge >= 0.3 is 5.97 Å². The van der Waals surface area contributed by atoms with Crippen molar-refractivity contribution in [1.82, 2.24) is 4.98 Å². The monoisotopic (exact) mass is 325 g/mol. The quantitative estimate of drug-likeness (QED) is 0.710. The summed E-state index contributed by atoms with van der Waals surface area (Å²) in [5.74, 6) is -0.914. The minimum absolute atomic E-state index is 0.298. The first-order chi connectivity index (χ1) is 10.2. The second kappa shape index (κ2) is 7.88. The second-order valence-corrected chi connectivity index (χ2v) is 7.45. The third-order valence-corrected chi connectivity index (χ3v) is 5.17. The van der Waals surface area contributed by atoms with E-state index in [4.69, 9.17) is 0 Å². The van der Waals surface area contributed by atoms with Gasteiger partial charge in [0.15, 0.2) is 0 Å². The molecule has 2 atom stereocenters. The number of aliphatic carboxylic acids is 1. The van der Waals surface area contributed by atoms with Crippen molar-refractivity contribution >= 4 is 22.9 Å². The second-order valence-electron chi connectivity index (χ2n) is 6.42. The van der Waals surface area contributed by atoms with E-state index in [1.165, 1.54) is 11.3 Å². The van der Waals surface area contributed by atoms with Crippen LogP contribution in [0.15, 0.2) is 12.8 Å². The van der Waals surface area contributed by atoms with Gasteiger partial charge in [0.25, 0.3) is 0 Å². The van der Waals surface area contributed by atoms with Crippen LogP contribution in [0.4, 0.5) is 0 Å². The van der Waals surface area contributed by atoms with Crippen molar-refractivity contribution in [2.45, 2.75) is 59.0 Å². The van der Waals surface area contributed by atoms with Crippen LogP contribution in [0.25, 0.3) is 5.57 Å². The van der Waals surface area contributed by atoms with Crippen LogP contribution in [0.3, 0.4) is 0 Å². The zero-order valence-corrected chi connectivity index (χ0v) is 14.7. The fourth-order valence-electron chi connectivity index (χ4n) is 2.57. The van der Waals surface area contributed by atoms with Crippen molar-refractivity contribution < 1.29 is 15.0 Å². The molecule has 0 saturated carbocycles. The van der Waals surface area contributed by atoms with Crippen molar-refractivity contribution in [1.29, 1.82) is 0 Å². The van der Waals surface area contributed by atoms with Crippen molar-refractivity contribution in [3.05, 3.63) is 22.7 Å². The predicted molar refractivity (Wildman–Crippen MR) is 90.8 cm³/mol. The first kappa shape index (κ1) is 18.8. The maximum absolute atomic E-state index is 11.2. The zero-order chi connectivity index (χ0) is 16.9. The molecule has 4 nitrogen and oxygen atoms in total. The maximum atomic E-state index is 11.2. The molecule has 0 fully saturated rings. The van der Waals surface area contributed by atoms with Crippen molar-refractivity contribution in [2.75, 3.05) is 0 Å². The van der Waals surface area contributed by atoms with E-state index in [2.05, 4.69) is 11.6 Å². The molecule has 0 unspecified atom stereocenters. The lowest BCUT2D eigenvalue weighted by Gasteiger charge is -2.29. The maximum Gasteiger partial charge on any atom is 0.306 e. The number of allylic oxidation sites excluding steroid dienone is 1. The highest BCUT2D eigenvalue weighted by molar-refractivity contribution is 7.12. The molecule has 0 spiro atoms. The average Bonchev–Trinajstić information content (AvgIpc) is 2.88. The van der Waals surface area contributed by atoms with Gasteiger partial charge in [-0.25, -0.2) is 4.98 Å². The molecule has 0 saturated heterocycles. The van der Waals surface area contributed by atoms with Crippen LogP contribution in [0.5, 0.6) is 0 Å². The van der Waals surface area contributed by atoms with Crippen molar-refractivity contribution in [2.24, 2.45) is 11.8 Å². The van der Waals surface area contributed by atoms with Crippen LogP contribution in [-0.2, 0) is 10.4 Å². The van der Waals surface area contributed by atoms with Gasteiger partial charge in [-0.2, -0.15) is 0 Å². The number of aliphatic hydroxyl groups is 1. The van der Waals surface area contributed by atoms with Crippen LogP contribution >= 0.6 is 11.3 Å². The number of carbonyl (C=O) groups is 1. The molecule has 0 radical (unpaired) electrons. The highest BCUT2D eigenvalue weighted by Crippen LogP contribution is 2.38. The SMILES string of the molecule is C=C(C)c1cnc([C@@](O)(CC[C@H](CC)C(=O)O)CC(C)C)s1. The van der Waals surface area contributed by atoms with Gasteiger partial charge in [0.1, 0.15) is 10.6 Å². The molecule has 5 heteroatoms. The predicted octanol–water partition coefficient (Wildman–Crippen LogP) is 4.30. The van der Waals surface area contributed by atoms with E-state index >= 15 is 0 Å². The number of hydrogen-bond donors (Lipinski definition) is 2. The van der Waals surface area contributed by atoms with Crippen molar-refractivity contribution in [3.63, 3.8) is 0 Å². The third-order valence-electron chi connectivity index (χ3n) is 3.82. The first-order valence-corrected chi connectivity index (χ1v) is 8.58. The Balaban J connectivity index is 2.97. The molecule has 124 valence electrons. The number of rotatable bonds is 9. The summed E-state index contributed by atoms with van der Waals surface area (Å²) in [5.41, 5.74) is -0.136. The minimum atomic E-state index is -1.06. The molecule has 0 aliphatic rings. The molecule has 1 rings (SSSR count). The summed E-state index contributed by atoms with van der Waals surface area (Å²) in [7, 11) is 0. The van der Waals surface area contributed by atoms with Gasteiger partial charge in [-0.3, -0.25) is 4.79 Å². The summed E-state index contributed by atoms with van der Waals surface area (Å²) < 4.78 is 0. The Bertz CT molecular complexity index is 524. The summed E-state index contributed by atoms with van der Waals surface area (Å²) in [6, 6.07) is 0. The molecular weight excluding hydrogens is 298 g/mol. The normalized spacial score (nSPS) is 15.5. The highest BCUT2D eigenvalue weighted by Gasteiger charge is 2.34. The highest BCUT2D eigenvalue weighted by atomic mass is 32.1. The molecule has 2 N–H and O–H groups in total. The van der Waals surface area contributed by atoms with Crippen LogP contribution in [0.1, 0.15) is 63.3 Å². The van der Waals surface area contributed by atoms with Crippen LogP contribution in [0.2, 0.25) is 0 Å². The zero-order valence-electron chi connectivity index (χ0n) is 13.9. The molecule has 0 aliphatic carbocycles. The van der Waals surface area contributed by atoms with E-state index in [0.29, 0.717) is 36.6 Å². The van der Waals surface area contributed by atoms with E-state index in [1.54, 1.807) is 6.20 Å².